The number of hydrogen-bond donors (Lipinski definition) is 2. The van der Waals surface area contributed by atoms with E-state index in [4.69, 9.17) is 9.84 Å². The number of rotatable bonds is 6. The molecule has 8 heteroatoms. The van der Waals surface area contributed by atoms with Crippen molar-refractivity contribution in [1.82, 2.24) is 5.32 Å². The summed E-state index contributed by atoms with van der Waals surface area (Å²) in [7, 11) is 1.31. The number of aliphatic carboxylic acids is 1. The maximum atomic E-state index is 13.0. The normalized spacial score (nSPS) is 17.9. The zero-order valence-corrected chi connectivity index (χ0v) is 13.7. The minimum Gasteiger partial charge on any atom is -0.480 e. The Hall–Kier alpha value is -2.09. The number of carboxylic acid groups (broad SMARTS) is 1. The molecule has 1 aromatic carbocycles. The van der Waals surface area contributed by atoms with Gasteiger partial charge >= 0.3 is 12.1 Å². The predicted octanol–water partition coefficient (Wildman–Crippen LogP) is 2.73. The van der Waals surface area contributed by atoms with E-state index >= 15 is 0 Å². The van der Waals surface area contributed by atoms with Crippen molar-refractivity contribution in [2.75, 3.05) is 13.7 Å². The molecule has 0 aliphatic heterocycles. The van der Waals surface area contributed by atoms with E-state index in [1.165, 1.54) is 19.2 Å². The van der Waals surface area contributed by atoms with Crippen molar-refractivity contribution in [1.29, 1.82) is 0 Å². The van der Waals surface area contributed by atoms with Crippen LogP contribution in [0.25, 0.3) is 0 Å². The Kier molecular flexibility index (Phi) is 5.72. The summed E-state index contributed by atoms with van der Waals surface area (Å²) >= 11 is 0. The summed E-state index contributed by atoms with van der Waals surface area (Å²) in [6.07, 6.45) is -2.39. The van der Waals surface area contributed by atoms with Crippen molar-refractivity contribution >= 4 is 11.9 Å². The molecule has 25 heavy (non-hydrogen) atoms. The summed E-state index contributed by atoms with van der Waals surface area (Å²) in [4.78, 5) is 24.0. The first-order valence-corrected chi connectivity index (χ1v) is 7.91. The summed E-state index contributed by atoms with van der Waals surface area (Å²) in [6.45, 7) is -0.222. The lowest BCUT2D eigenvalue weighted by Crippen LogP contribution is -2.51. The largest absolute Gasteiger partial charge is 0.480 e. The van der Waals surface area contributed by atoms with Crippen molar-refractivity contribution in [3.05, 3.63) is 35.4 Å². The number of halogens is 3. The Balaban J connectivity index is 2.35. The number of alkyl halides is 3. The third-order valence-electron chi connectivity index (χ3n) is 4.57. The number of ether oxygens (including phenoxy) is 1. The Labute approximate surface area is 143 Å². The van der Waals surface area contributed by atoms with Gasteiger partial charge in [0.15, 0.2) is 6.04 Å². The smallest absolute Gasteiger partial charge is 0.416 e. The molecule has 1 aliphatic carbocycles. The van der Waals surface area contributed by atoms with Gasteiger partial charge in [-0.3, -0.25) is 4.79 Å². The van der Waals surface area contributed by atoms with E-state index in [2.05, 4.69) is 5.32 Å². The van der Waals surface area contributed by atoms with Crippen LogP contribution >= 0.6 is 0 Å². The van der Waals surface area contributed by atoms with Crippen molar-refractivity contribution in [2.45, 2.75) is 43.3 Å². The molecule has 1 aromatic rings. The molecule has 1 unspecified atom stereocenters. The van der Waals surface area contributed by atoms with Crippen molar-refractivity contribution in [2.24, 2.45) is 0 Å². The molecule has 0 bridgehead atoms. The Bertz CT molecular complexity index is 639. The predicted molar refractivity (Wildman–Crippen MR) is 83.0 cm³/mol. The van der Waals surface area contributed by atoms with Crippen LogP contribution in [-0.4, -0.2) is 36.7 Å². The molecule has 1 atom stereocenters. The lowest BCUT2D eigenvalue weighted by atomic mass is 9.77. The first-order chi connectivity index (χ1) is 11.7. The maximum absolute atomic E-state index is 13.0. The zero-order valence-electron chi connectivity index (χ0n) is 13.7. The van der Waals surface area contributed by atoms with Crippen LogP contribution in [0.5, 0.6) is 0 Å². The average Bonchev–Trinajstić information content (AvgIpc) is 3.04. The molecule has 5 nitrogen and oxygen atoms in total. The minimum absolute atomic E-state index is 0.222. The van der Waals surface area contributed by atoms with Gasteiger partial charge in [-0.05, 0) is 24.5 Å². The van der Waals surface area contributed by atoms with Crippen LogP contribution in [0.1, 0.15) is 36.8 Å². The summed E-state index contributed by atoms with van der Waals surface area (Å²) in [6, 6.07) is 3.45. The van der Waals surface area contributed by atoms with Crippen molar-refractivity contribution in [3.63, 3.8) is 0 Å². The van der Waals surface area contributed by atoms with Gasteiger partial charge in [-0.15, -0.1) is 0 Å². The van der Waals surface area contributed by atoms with E-state index in [1.54, 1.807) is 0 Å². The van der Waals surface area contributed by atoms with Crippen LogP contribution in [0.2, 0.25) is 0 Å². The van der Waals surface area contributed by atoms with E-state index in [9.17, 15) is 22.8 Å². The molecule has 0 spiro atoms. The number of carbonyl (C=O) groups excluding carboxylic acids is 1. The second-order valence-corrected chi connectivity index (χ2v) is 6.19. The molecule has 1 amide bonds. The van der Waals surface area contributed by atoms with Crippen molar-refractivity contribution < 1.29 is 32.6 Å². The molecule has 0 saturated heterocycles. The first kappa shape index (κ1) is 19.2. The second kappa shape index (κ2) is 7.43. The van der Waals surface area contributed by atoms with Gasteiger partial charge in [0.1, 0.15) is 0 Å². The van der Waals surface area contributed by atoms with E-state index in [0.717, 1.165) is 12.1 Å². The number of carbonyl (C=O) groups is 2. The molecule has 138 valence electrons. The van der Waals surface area contributed by atoms with Gasteiger partial charge in [-0.2, -0.15) is 13.2 Å². The van der Waals surface area contributed by atoms with E-state index in [0.29, 0.717) is 25.7 Å². The fourth-order valence-corrected chi connectivity index (χ4v) is 3.26. The lowest BCUT2D eigenvalue weighted by Gasteiger charge is -2.30. The van der Waals surface area contributed by atoms with Gasteiger partial charge in [-0.1, -0.05) is 31.0 Å². The zero-order chi connectivity index (χ0) is 18.7. The highest BCUT2D eigenvalue weighted by Gasteiger charge is 2.45. The molecular formula is C17H20F3NO4. The Morgan fingerprint density at radius 3 is 2.48 bits per heavy atom. The number of methoxy groups -OCH3 is 1. The fraction of sp³-hybridized carbons (Fsp3) is 0.529. The second-order valence-electron chi connectivity index (χ2n) is 6.19. The number of benzene rings is 1. The van der Waals surface area contributed by atoms with E-state index < -0.39 is 35.1 Å². The molecule has 2 N–H and O–H groups in total. The number of carboxylic acids is 1. The van der Waals surface area contributed by atoms with Gasteiger partial charge in [0.2, 0.25) is 5.91 Å². The summed E-state index contributed by atoms with van der Waals surface area (Å²) in [5.74, 6) is -1.83. The van der Waals surface area contributed by atoms with Crippen LogP contribution in [0.4, 0.5) is 13.2 Å². The van der Waals surface area contributed by atoms with Gasteiger partial charge in [0.25, 0.3) is 0 Å². The fourth-order valence-electron chi connectivity index (χ4n) is 3.26. The van der Waals surface area contributed by atoms with Gasteiger partial charge in [-0.25, -0.2) is 4.79 Å². The van der Waals surface area contributed by atoms with Crippen LogP contribution in [0, 0.1) is 0 Å². The third kappa shape index (κ3) is 4.12. The number of amides is 1. The highest BCUT2D eigenvalue weighted by Crippen LogP contribution is 2.43. The number of nitrogens with one attached hydrogen (secondary N) is 1. The van der Waals surface area contributed by atoms with E-state index in [-0.39, 0.29) is 12.2 Å². The molecule has 0 heterocycles. The molecule has 1 saturated carbocycles. The molecule has 2 rings (SSSR count). The maximum Gasteiger partial charge on any atom is 0.416 e. The average molecular weight is 359 g/mol. The monoisotopic (exact) mass is 359 g/mol. The first-order valence-electron chi connectivity index (χ1n) is 7.91. The SMILES string of the molecule is COCC(NC(=O)C1(c2cccc(C(F)(F)F)c2)CCCC1)C(=O)O. The Morgan fingerprint density at radius 2 is 1.96 bits per heavy atom. The summed E-state index contributed by atoms with van der Waals surface area (Å²) in [5.41, 5.74) is -1.71. The highest BCUT2D eigenvalue weighted by atomic mass is 19.4. The third-order valence-corrected chi connectivity index (χ3v) is 4.57. The van der Waals surface area contributed by atoms with Crippen LogP contribution in [0.3, 0.4) is 0 Å². The van der Waals surface area contributed by atoms with Gasteiger partial charge in [0, 0.05) is 7.11 Å². The highest BCUT2D eigenvalue weighted by molar-refractivity contribution is 5.92. The minimum atomic E-state index is -4.51. The number of hydrogen-bond acceptors (Lipinski definition) is 3. The quantitative estimate of drug-likeness (QED) is 0.819. The van der Waals surface area contributed by atoms with Crippen molar-refractivity contribution in [3.8, 4) is 0 Å². The van der Waals surface area contributed by atoms with Gasteiger partial charge in [0.05, 0.1) is 17.6 Å². The molecule has 1 fully saturated rings. The van der Waals surface area contributed by atoms with E-state index in [1.807, 2.05) is 0 Å². The van der Waals surface area contributed by atoms with Crippen LogP contribution in [0.15, 0.2) is 24.3 Å². The molecule has 0 aromatic heterocycles. The van der Waals surface area contributed by atoms with Gasteiger partial charge < -0.3 is 15.2 Å². The summed E-state index contributed by atoms with van der Waals surface area (Å²) < 4.78 is 43.8. The van der Waals surface area contributed by atoms with Crippen LogP contribution < -0.4 is 5.32 Å². The molecule has 0 radical (unpaired) electrons. The lowest BCUT2D eigenvalue weighted by molar-refractivity contribution is -0.144. The standard InChI is InChI=1S/C17H20F3NO4/c1-25-10-13(14(22)23)21-15(24)16(7-2-3-8-16)11-5-4-6-12(9-11)17(18,19)20/h4-6,9,13H,2-3,7-8,10H2,1H3,(H,21,24)(H,22,23). The van der Waals surface area contributed by atoms with Crippen LogP contribution in [-0.2, 0) is 25.9 Å². The molecular weight excluding hydrogens is 339 g/mol. The topological polar surface area (TPSA) is 75.6 Å². The summed E-state index contributed by atoms with van der Waals surface area (Å²) in [5, 5.41) is 11.6. The molecule has 1 aliphatic rings. The Morgan fingerprint density at radius 1 is 1.32 bits per heavy atom.